The van der Waals surface area contributed by atoms with Gasteiger partial charge in [-0.2, -0.15) is 0 Å². The van der Waals surface area contributed by atoms with Gasteiger partial charge in [-0.15, -0.1) is 0 Å². The summed E-state index contributed by atoms with van der Waals surface area (Å²) in [6.45, 7) is 0. The Balaban J connectivity index is 2.75. The van der Waals surface area contributed by atoms with Crippen molar-refractivity contribution in [3.05, 3.63) is 62.1 Å². The summed E-state index contributed by atoms with van der Waals surface area (Å²) in [6, 6.07) is 7.99. The standard InChI is InChI=1S/C13H7Cl2NO4/c14-7-1-4-12(15)11(5-7)10-6-8(16(19)20)2-3-9(10)13(17)18/h1-6H,(H,17,18). The largest absolute Gasteiger partial charge is 0.478 e. The van der Waals surface area contributed by atoms with Crippen LogP contribution < -0.4 is 0 Å². The van der Waals surface area contributed by atoms with Gasteiger partial charge < -0.3 is 5.11 Å². The van der Waals surface area contributed by atoms with Crippen molar-refractivity contribution in [1.29, 1.82) is 0 Å². The quantitative estimate of drug-likeness (QED) is 0.678. The third-order valence-electron chi connectivity index (χ3n) is 2.66. The van der Waals surface area contributed by atoms with Crippen molar-refractivity contribution < 1.29 is 14.8 Å². The number of rotatable bonds is 3. The minimum Gasteiger partial charge on any atom is -0.478 e. The fourth-order valence-corrected chi connectivity index (χ4v) is 2.15. The molecule has 0 bridgehead atoms. The first-order valence-electron chi connectivity index (χ1n) is 5.37. The van der Waals surface area contributed by atoms with Gasteiger partial charge in [0.15, 0.2) is 0 Å². The Morgan fingerprint density at radius 2 is 1.80 bits per heavy atom. The summed E-state index contributed by atoms with van der Waals surface area (Å²) in [4.78, 5) is 21.4. The second-order valence-electron chi connectivity index (χ2n) is 3.92. The number of nitrogens with zero attached hydrogens (tertiary/aromatic N) is 1. The highest BCUT2D eigenvalue weighted by molar-refractivity contribution is 6.35. The zero-order chi connectivity index (χ0) is 14.9. The van der Waals surface area contributed by atoms with Crippen molar-refractivity contribution in [3.63, 3.8) is 0 Å². The molecule has 0 heterocycles. The smallest absolute Gasteiger partial charge is 0.336 e. The maximum Gasteiger partial charge on any atom is 0.336 e. The normalized spacial score (nSPS) is 10.3. The van der Waals surface area contributed by atoms with Gasteiger partial charge in [-0.1, -0.05) is 23.2 Å². The van der Waals surface area contributed by atoms with Crippen LogP contribution in [-0.2, 0) is 0 Å². The summed E-state index contributed by atoms with van der Waals surface area (Å²) in [6.07, 6.45) is 0. The summed E-state index contributed by atoms with van der Waals surface area (Å²) >= 11 is 11.9. The second-order valence-corrected chi connectivity index (χ2v) is 4.76. The number of carboxylic acid groups (broad SMARTS) is 1. The lowest BCUT2D eigenvalue weighted by molar-refractivity contribution is -0.384. The number of nitro benzene ring substituents is 1. The van der Waals surface area contributed by atoms with Crippen LogP contribution in [0.3, 0.4) is 0 Å². The third kappa shape index (κ3) is 2.74. The Kier molecular flexibility index (Phi) is 3.92. The second kappa shape index (κ2) is 5.48. The maximum atomic E-state index is 11.2. The monoisotopic (exact) mass is 311 g/mol. The van der Waals surface area contributed by atoms with Gasteiger partial charge in [-0.25, -0.2) is 4.79 Å². The SMILES string of the molecule is O=C(O)c1ccc([N+](=O)[O-])cc1-c1cc(Cl)ccc1Cl. The molecule has 7 heteroatoms. The summed E-state index contributed by atoms with van der Waals surface area (Å²) in [5.41, 5.74) is 0.181. The van der Waals surface area contributed by atoms with E-state index in [0.717, 1.165) is 6.07 Å². The lowest BCUT2D eigenvalue weighted by Gasteiger charge is -2.08. The highest BCUT2D eigenvalue weighted by Crippen LogP contribution is 2.34. The van der Waals surface area contributed by atoms with E-state index in [1.54, 1.807) is 6.07 Å². The van der Waals surface area contributed by atoms with Crippen LogP contribution in [0.25, 0.3) is 11.1 Å². The number of halogens is 2. The Morgan fingerprint density at radius 1 is 1.10 bits per heavy atom. The molecule has 1 N–H and O–H groups in total. The van der Waals surface area contributed by atoms with Gasteiger partial charge in [0.2, 0.25) is 0 Å². The molecule has 0 radical (unpaired) electrons. The molecule has 2 aromatic carbocycles. The van der Waals surface area contributed by atoms with E-state index < -0.39 is 10.9 Å². The molecule has 0 spiro atoms. The first-order valence-corrected chi connectivity index (χ1v) is 6.13. The summed E-state index contributed by atoms with van der Waals surface area (Å²) in [5, 5.41) is 20.6. The zero-order valence-corrected chi connectivity index (χ0v) is 11.4. The average Bonchev–Trinajstić information content (AvgIpc) is 2.40. The number of hydrogen-bond donors (Lipinski definition) is 1. The molecule has 2 rings (SSSR count). The van der Waals surface area contributed by atoms with E-state index in [4.69, 9.17) is 23.2 Å². The van der Waals surface area contributed by atoms with E-state index in [1.165, 1.54) is 24.3 Å². The van der Waals surface area contributed by atoms with Gasteiger partial charge in [0.25, 0.3) is 5.69 Å². The number of aromatic carboxylic acids is 1. The van der Waals surface area contributed by atoms with Crippen LogP contribution in [-0.4, -0.2) is 16.0 Å². The number of benzene rings is 2. The van der Waals surface area contributed by atoms with Gasteiger partial charge in [0, 0.05) is 33.3 Å². The van der Waals surface area contributed by atoms with Crippen LogP contribution in [0.4, 0.5) is 5.69 Å². The minimum absolute atomic E-state index is 0.0835. The Hall–Kier alpha value is -2.11. The summed E-state index contributed by atoms with van der Waals surface area (Å²) in [5.74, 6) is -1.20. The molecule has 0 amide bonds. The van der Waals surface area contributed by atoms with Crippen LogP contribution in [0.5, 0.6) is 0 Å². The molecule has 0 aliphatic rings. The molecule has 0 aliphatic heterocycles. The number of carboxylic acids is 1. The van der Waals surface area contributed by atoms with Gasteiger partial charge in [-0.3, -0.25) is 10.1 Å². The number of nitro groups is 1. The molecule has 0 aliphatic carbocycles. The molecule has 2 aromatic rings. The highest BCUT2D eigenvalue weighted by atomic mass is 35.5. The van der Waals surface area contributed by atoms with Crippen molar-refractivity contribution in [3.8, 4) is 11.1 Å². The fraction of sp³-hybridized carbons (Fsp3) is 0. The molecule has 0 aromatic heterocycles. The molecular weight excluding hydrogens is 305 g/mol. The van der Waals surface area contributed by atoms with Crippen LogP contribution in [0.2, 0.25) is 10.0 Å². The van der Waals surface area contributed by atoms with Crippen LogP contribution >= 0.6 is 23.2 Å². The molecular formula is C13H7Cl2NO4. The van der Waals surface area contributed by atoms with Crippen molar-refractivity contribution in [2.75, 3.05) is 0 Å². The first kappa shape index (κ1) is 14.3. The summed E-state index contributed by atoms with van der Waals surface area (Å²) < 4.78 is 0. The van der Waals surface area contributed by atoms with E-state index in [9.17, 15) is 20.0 Å². The maximum absolute atomic E-state index is 11.2. The number of non-ortho nitro benzene ring substituents is 1. The average molecular weight is 312 g/mol. The third-order valence-corrected chi connectivity index (χ3v) is 3.23. The predicted octanol–water partition coefficient (Wildman–Crippen LogP) is 4.27. The molecule has 0 unspecified atom stereocenters. The predicted molar refractivity (Wildman–Crippen MR) is 75.5 cm³/mol. The fourth-order valence-electron chi connectivity index (χ4n) is 1.76. The Morgan fingerprint density at radius 3 is 2.40 bits per heavy atom. The Bertz CT molecular complexity index is 716. The lowest BCUT2D eigenvalue weighted by Crippen LogP contribution is -2.01. The number of carbonyl (C=O) groups is 1. The molecule has 5 nitrogen and oxygen atoms in total. The van der Waals surface area contributed by atoms with Gasteiger partial charge in [0.05, 0.1) is 10.5 Å². The Labute approximate surface area is 123 Å². The minimum atomic E-state index is -1.20. The van der Waals surface area contributed by atoms with E-state index in [-0.39, 0.29) is 21.8 Å². The molecule has 0 saturated carbocycles. The van der Waals surface area contributed by atoms with Crippen molar-refractivity contribution >= 4 is 34.9 Å². The molecule has 0 saturated heterocycles. The summed E-state index contributed by atoms with van der Waals surface area (Å²) in [7, 11) is 0. The van der Waals surface area contributed by atoms with Crippen molar-refractivity contribution in [2.24, 2.45) is 0 Å². The lowest BCUT2D eigenvalue weighted by atomic mass is 9.99. The van der Waals surface area contributed by atoms with Crippen molar-refractivity contribution in [1.82, 2.24) is 0 Å². The zero-order valence-electron chi connectivity index (χ0n) is 9.84. The molecule has 0 fully saturated rings. The van der Waals surface area contributed by atoms with Crippen LogP contribution in [0.15, 0.2) is 36.4 Å². The van der Waals surface area contributed by atoms with Gasteiger partial charge in [0.1, 0.15) is 0 Å². The van der Waals surface area contributed by atoms with E-state index in [0.29, 0.717) is 10.6 Å². The van der Waals surface area contributed by atoms with Gasteiger partial charge in [-0.05, 0) is 24.3 Å². The highest BCUT2D eigenvalue weighted by Gasteiger charge is 2.18. The first-order chi connectivity index (χ1) is 9.40. The molecule has 102 valence electrons. The van der Waals surface area contributed by atoms with E-state index in [2.05, 4.69) is 0 Å². The van der Waals surface area contributed by atoms with E-state index in [1.807, 2.05) is 0 Å². The van der Waals surface area contributed by atoms with Gasteiger partial charge >= 0.3 is 5.97 Å². The molecule has 20 heavy (non-hydrogen) atoms. The molecule has 0 atom stereocenters. The van der Waals surface area contributed by atoms with Crippen LogP contribution in [0, 0.1) is 10.1 Å². The van der Waals surface area contributed by atoms with E-state index >= 15 is 0 Å². The van der Waals surface area contributed by atoms with Crippen molar-refractivity contribution in [2.45, 2.75) is 0 Å². The van der Waals surface area contributed by atoms with Crippen LogP contribution in [0.1, 0.15) is 10.4 Å². The number of hydrogen-bond acceptors (Lipinski definition) is 3. The topological polar surface area (TPSA) is 80.4 Å².